The molecule has 4 heterocycles. The first kappa shape index (κ1) is 19.8. The van der Waals surface area contributed by atoms with E-state index in [9.17, 15) is 0 Å². The average Bonchev–Trinajstić information content (AvgIpc) is 3.33. The van der Waals surface area contributed by atoms with Crippen molar-refractivity contribution in [1.29, 1.82) is 0 Å². The number of hydrogen-bond donors (Lipinski definition) is 2. The zero-order valence-electron chi connectivity index (χ0n) is 19.1. The molecule has 1 unspecified atom stereocenters. The lowest BCUT2D eigenvalue weighted by Crippen LogP contribution is -2.40. The van der Waals surface area contributed by atoms with E-state index >= 15 is 0 Å². The summed E-state index contributed by atoms with van der Waals surface area (Å²) in [5.74, 6) is 0. The second kappa shape index (κ2) is 7.64. The van der Waals surface area contributed by atoms with Crippen LogP contribution >= 0.6 is 0 Å². The van der Waals surface area contributed by atoms with Gasteiger partial charge >= 0.3 is 0 Å². The van der Waals surface area contributed by atoms with Crippen molar-refractivity contribution in [3.8, 4) is 11.1 Å². The van der Waals surface area contributed by atoms with Crippen LogP contribution in [-0.4, -0.2) is 38.5 Å². The van der Waals surface area contributed by atoms with Crippen molar-refractivity contribution in [2.75, 3.05) is 18.9 Å². The minimum absolute atomic E-state index is 0.142. The summed E-state index contributed by atoms with van der Waals surface area (Å²) in [5.41, 5.74) is 12.8. The molecule has 2 aromatic carbocycles. The summed E-state index contributed by atoms with van der Waals surface area (Å²) in [5, 5.41) is 13.8. The van der Waals surface area contributed by atoms with Crippen LogP contribution < -0.4 is 10.7 Å². The van der Waals surface area contributed by atoms with Gasteiger partial charge in [-0.15, -0.1) is 5.12 Å². The zero-order chi connectivity index (χ0) is 22.5. The minimum Gasteiger partial charge on any atom is -0.376 e. The van der Waals surface area contributed by atoms with E-state index in [0.717, 1.165) is 35.1 Å². The fourth-order valence-electron chi connectivity index (χ4n) is 5.08. The molecule has 0 spiro atoms. The number of aromatic nitrogens is 3. The predicted octanol–water partition coefficient (Wildman–Crippen LogP) is 4.55. The van der Waals surface area contributed by atoms with Gasteiger partial charge in [-0.1, -0.05) is 30.3 Å². The lowest BCUT2D eigenvalue weighted by Gasteiger charge is -2.27. The van der Waals surface area contributed by atoms with Gasteiger partial charge in [0.2, 0.25) is 0 Å². The van der Waals surface area contributed by atoms with Crippen molar-refractivity contribution >= 4 is 22.3 Å². The number of hydrazine groups is 2. The Morgan fingerprint density at radius 2 is 1.94 bits per heavy atom. The van der Waals surface area contributed by atoms with Gasteiger partial charge in [0.05, 0.1) is 34.8 Å². The molecule has 2 aromatic heterocycles. The minimum atomic E-state index is 0.142. The Balaban J connectivity index is 1.49. The third-order valence-corrected chi connectivity index (χ3v) is 6.62. The lowest BCUT2D eigenvalue weighted by atomic mass is 9.93. The van der Waals surface area contributed by atoms with Crippen LogP contribution in [0.5, 0.6) is 0 Å². The van der Waals surface area contributed by atoms with Gasteiger partial charge in [-0.3, -0.25) is 14.7 Å². The van der Waals surface area contributed by atoms with Gasteiger partial charge in [0, 0.05) is 49.5 Å². The fourth-order valence-corrected chi connectivity index (χ4v) is 5.08. The van der Waals surface area contributed by atoms with E-state index in [1.165, 1.54) is 28.1 Å². The van der Waals surface area contributed by atoms with E-state index in [4.69, 9.17) is 0 Å². The Kier molecular flexibility index (Phi) is 4.58. The molecule has 2 aliphatic rings. The average molecular weight is 438 g/mol. The van der Waals surface area contributed by atoms with Crippen molar-refractivity contribution in [3.63, 3.8) is 0 Å². The highest BCUT2D eigenvalue weighted by Crippen LogP contribution is 2.41. The highest BCUT2D eigenvalue weighted by atomic mass is 15.8. The van der Waals surface area contributed by atoms with Gasteiger partial charge in [-0.2, -0.15) is 5.10 Å². The van der Waals surface area contributed by atoms with E-state index in [0.29, 0.717) is 0 Å². The summed E-state index contributed by atoms with van der Waals surface area (Å²) in [6, 6.07) is 17.4. The van der Waals surface area contributed by atoms with Crippen LogP contribution in [0.1, 0.15) is 30.5 Å². The molecular weight excluding hydrogens is 410 g/mol. The molecule has 2 N–H and O–H groups in total. The van der Waals surface area contributed by atoms with E-state index in [-0.39, 0.29) is 6.04 Å². The number of hydrogen-bond acceptors (Lipinski definition) is 6. The van der Waals surface area contributed by atoms with Crippen molar-refractivity contribution < 1.29 is 0 Å². The first-order chi connectivity index (χ1) is 16.1. The molecule has 0 saturated heterocycles. The number of nitrogens with one attached hydrogen (secondary N) is 2. The number of benzene rings is 2. The molecule has 0 radical (unpaired) electrons. The van der Waals surface area contributed by atoms with Crippen molar-refractivity contribution in [3.05, 3.63) is 83.9 Å². The maximum absolute atomic E-state index is 4.66. The number of anilines is 1. The van der Waals surface area contributed by atoms with Crippen LogP contribution in [0.2, 0.25) is 0 Å². The molecular formula is C26H27N7. The first-order valence-corrected chi connectivity index (χ1v) is 11.3. The van der Waals surface area contributed by atoms with Crippen LogP contribution in [0.4, 0.5) is 5.69 Å². The normalized spacial score (nSPS) is 18.2. The van der Waals surface area contributed by atoms with Gasteiger partial charge in [-0.05, 0) is 42.7 Å². The van der Waals surface area contributed by atoms with Crippen molar-refractivity contribution in [1.82, 2.24) is 30.3 Å². The van der Waals surface area contributed by atoms with Crippen molar-refractivity contribution in [2.24, 2.45) is 7.05 Å². The second-order valence-corrected chi connectivity index (χ2v) is 8.80. The third-order valence-electron chi connectivity index (χ3n) is 6.62. The molecule has 0 fully saturated rings. The summed E-state index contributed by atoms with van der Waals surface area (Å²) >= 11 is 0. The molecule has 1 atom stereocenters. The Morgan fingerprint density at radius 1 is 1.06 bits per heavy atom. The molecule has 33 heavy (non-hydrogen) atoms. The third kappa shape index (κ3) is 3.32. The van der Waals surface area contributed by atoms with E-state index in [2.05, 4.69) is 93.6 Å². The first-order valence-electron chi connectivity index (χ1n) is 11.3. The molecule has 2 aliphatic heterocycles. The smallest absolute Gasteiger partial charge is 0.0933 e. The van der Waals surface area contributed by atoms with E-state index in [1.807, 2.05) is 30.2 Å². The summed E-state index contributed by atoms with van der Waals surface area (Å²) in [6.07, 6.45) is 6.81. The Hall–Kier alpha value is -3.84. The molecule has 6 rings (SSSR count). The van der Waals surface area contributed by atoms with Crippen LogP contribution in [-0.2, 0) is 7.05 Å². The summed E-state index contributed by atoms with van der Waals surface area (Å²) in [4.78, 5) is 4.66. The molecule has 166 valence electrons. The SMILES string of the molecule is CC1=C2c3ccc(-c4cnn(C)c4)cc3C(Nc3cccc4cccnc34)CCN2N(C)N1. The van der Waals surface area contributed by atoms with E-state index in [1.54, 1.807) is 0 Å². The molecule has 0 bridgehead atoms. The Labute approximate surface area is 193 Å². The van der Waals surface area contributed by atoms with Crippen LogP contribution in [0.15, 0.2) is 72.8 Å². The topological polar surface area (TPSA) is 61.3 Å². The monoisotopic (exact) mass is 437 g/mol. The van der Waals surface area contributed by atoms with Crippen LogP contribution in [0.25, 0.3) is 27.7 Å². The largest absolute Gasteiger partial charge is 0.376 e. The standard InChI is InChI=1S/C26H27N7/c1-17-26-21-10-9-19(20-15-28-31(2)16-20)14-22(21)23(11-13-33(26)32(3)30-17)29-24-8-4-6-18-7-5-12-27-25(18)24/h4-10,12,14-16,23,29-30H,11,13H2,1-3H3. The molecule has 7 heteroatoms. The summed E-state index contributed by atoms with van der Waals surface area (Å²) in [6.45, 7) is 3.05. The zero-order valence-corrected chi connectivity index (χ0v) is 19.1. The molecule has 0 amide bonds. The van der Waals surface area contributed by atoms with Gasteiger partial charge in [0.1, 0.15) is 0 Å². The molecule has 4 aromatic rings. The maximum atomic E-state index is 4.66. The summed E-state index contributed by atoms with van der Waals surface area (Å²) < 4.78 is 1.85. The van der Waals surface area contributed by atoms with Gasteiger partial charge in [0.25, 0.3) is 0 Å². The highest BCUT2D eigenvalue weighted by molar-refractivity contribution is 5.90. The molecule has 0 aliphatic carbocycles. The molecule has 0 saturated carbocycles. The summed E-state index contributed by atoms with van der Waals surface area (Å²) in [7, 11) is 4.03. The highest BCUT2D eigenvalue weighted by Gasteiger charge is 2.33. The number of aryl methyl sites for hydroxylation is 1. The Morgan fingerprint density at radius 3 is 2.79 bits per heavy atom. The van der Waals surface area contributed by atoms with Crippen LogP contribution in [0.3, 0.4) is 0 Å². The van der Waals surface area contributed by atoms with Gasteiger partial charge in [0.15, 0.2) is 0 Å². The maximum Gasteiger partial charge on any atom is 0.0933 e. The van der Waals surface area contributed by atoms with Crippen molar-refractivity contribution in [2.45, 2.75) is 19.4 Å². The number of fused-ring (bicyclic) bond motifs is 4. The van der Waals surface area contributed by atoms with Gasteiger partial charge in [-0.25, -0.2) is 0 Å². The second-order valence-electron chi connectivity index (χ2n) is 8.80. The number of para-hydroxylation sites is 1. The number of pyridine rings is 1. The Bertz CT molecular complexity index is 1380. The lowest BCUT2D eigenvalue weighted by molar-refractivity contribution is 0.0447. The quantitative estimate of drug-likeness (QED) is 0.490. The number of rotatable bonds is 3. The number of nitrogens with zero attached hydrogens (tertiary/aromatic N) is 5. The van der Waals surface area contributed by atoms with E-state index < -0.39 is 0 Å². The van der Waals surface area contributed by atoms with Gasteiger partial charge < -0.3 is 10.7 Å². The fraction of sp³-hybridized carbons (Fsp3) is 0.231. The van der Waals surface area contributed by atoms with Crippen LogP contribution in [0, 0.1) is 0 Å². The number of allylic oxidation sites excluding steroid dienone is 1. The predicted molar refractivity (Wildman–Crippen MR) is 132 cm³/mol. The molecule has 7 nitrogen and oxygen atoms in total.